The zero-order chi connectivity index (χ0) is 37.7. The molecule has 0 unspecified atom stereocenters. The Morgan fingerprint density at radius 3 is 1.53 bits per heavy atom. The van der Waals surface area contributed by atoms with Crippen LogP contribution >= 0.6 is 0 Å². The van der Waals surface area contributed by atoms with E-state index in [1.165, 1.54) is 43.5 Å². The maximum absolute atomic E-state index is 5.08. The lowest BCUT2D eigenvalue weighted by Crippen LogP contribution is -2.00. The Morgan fingerprint density at radius 1 is 0.281 bits per heavy atom. The number of nitrogens with zero attached hydrogens (tertiary/aromatic N) is 4. The van der Waals surface area contributed by atoms with Crippen LogP contribution in [0, 0.1) is 0 Å². The van der Waals surface area contributed by atoms with Gasteiger partial charge in [-0.25, -0.2) is 15.0 Å². The van der Waals surface area contributed by atoms with Crippen molar-refractivity contribution in [2.75, 3.05) is 0 Å². The molecule has 0 fully saturated rings. The van der Waals surface area contributed by atoms with Gasteiger partial charge < -0.3 is 4.57 Å². The molecular weight excluding hydrogens is 693 g/mol. The summed E-state index contributed by atoms with van der Waals surface area (Å²) in [6.07, 6.45) is 0. The predicted molar refractivity (Wildman–Crippen MR) is 236 cm³/mol. The zero-order valence-electron chi connectivity index (χ0n) is 30.9. The molecule has 0 bridgehead atoms. The van der Waals surface area contributed by atoms with Gasteiger partial charge >= 0.3 is 0 Å². The summed E-state index contributed by atoms with van der Waals surface area (Å²) in [7, 11) is 0. The van der Waals surface area contributed by atoms with Gasteiger partial charge in [-0.15, -0.1) is 0 Å². The molecule has 57 heavy (non-hydrogen) atoms. The molecule has 266 valence electrons. The van der Waals surface area contributed by atoms with Crippen LogP contribution in [-0.4, -0.2) is 19.5 Å². The van der Waals surface area contributed by atoms with Crippen molar-refractivity contribution >= 4 is 43.4 Å². The average molecular weight is 727 g/mol. The predicted octanol–water partition coefficient (Wildman–Crippen LogP) is 13.6. The molecule has 0 aliphatic rings. The van der Waals surface area contributed by atoms with Gasteiger partial charge in [0.25, 0.3) is 0 Å². The minimum Gasteiger partial charge on any atom is -0.309 e. The van der Waals surface area contributed by atoms with Crippen molar-refractivity contribution in [3.8, 4) is 62.1 Å². The van der Waals surface area contributed by atoms with Crippen molar-refractivity contribution in [2.45, 2.75) is 0 Å². The molecule has 11 aromatic rings. The van der Waals surface area contributed by atoms with Crippen molar-refractivity contribution in [2.24, 2.45) is 0 Å². The van der Waals surface area contributed by atoms with Gasteiger partial charge in [0.2, 0.25) is 0 Å². The molecule has 0 radical (unpaired) electrons. The second-order valence-electron chi connectivity index (χ2n) is 14.5. The molecule has 4 nitrogen and oxygen atoms in total. The van der Waals surface area contributed by atoms with E-state index in [-0.39, 0.29) is 0 Å². The molecule has 4 heteroatoms. The number of benzene rings is 9. The van der Waals surface area contributed by atoms with Crippen molar-refractivity contribution in [1.29, 1.82) is 0 Å². The topological polar surface area (TPSA) is 43.6 Å². The lowest BCUT2D eigenvalue weighted by atomic mass is 10.0. The van der Waals surface area contributed by atoms with Gasteiger partial charge in [-0.2, -0.15) is 0 Å². The van der Waals surface area contributed by atoms with Crippen LogP contribution in [0.25, 0.3) is 105 Å². The zero-order valence-corrected chi connectivity index (χ0v) is 30.9. The highest BCUT2D eigenvalue weighted by molar-refractivity contribution is 6.21. The number of hydrogen-bond acceptors (Lipinski definition) is 3. The van der Waals surface area contributed by atoms with Crippen LogP contribution in [0.5, 0.6) is 0 Å². The highest BCUT2D eigenvalue weighted by atomic mass is 15.0. The Hall–Kier alpha value is -7.69. The lowest BCUT2D eigenvalue weighted by molar-refractivity contribution is 1.07. The summed E-state index contributed by atoms with van der Waals surface area (Å²) < 4.78 is 2.39. The molecule has 0 amide bonds. The average Bonchev–Trinajstić information content (AvgIpc) is 3.64. The monoisotopic (exact) mass is 726 g/mol. The first-order valence-corrected chi connectivity index (χ1v) is 19.3. The van der Waals surface area contributed by atoms with Gasteiger partial charge in [0.05, 0.1) is 11.0 Å². The van der Waals surface area contributed by atoms with E-state index in [0.717, 1.165) is 44.5 Å². The largest absolute Gasteiger partial charge is 0.309 e. The fraction of sp³-hybridized carbons (Fsp3) is 0. The van der Waals surface area contributed by atoms with Gasteiger partial charge in [-0.1, -0.05) is 176 Å². The second-order valence-corrected chi connectivity index (χ2v) is 14.5. The van der Waals surface area contributed by atoms with E-state index >= 15 is 0 Å². The molecule has 0 atom stereocenters. The van der Waals surface area contributed by atoms with E-state index in [2.05, 4.69) is 205 Å². The van der Waals surface area contributed by atoms with E-state index in [4.69, 9.17) is 15.0 Å². The van der Waals surface area contributed by atoms with Gasteiger partial charge in [-0.3, -0.25) is 0 Å². The van der Waals surface area contributed by atoms with E-state index in [1.807, 2.05) is 6.07 Å². The Labute approximate surface area is 330 Å². The van der Waals surface area contributed by atoms with E-state index in [1.54, 1.807) is 0 Å². The smallest absolute Gasteiger partial charge is 0.164 e. The molecule has 0 saturated carbocycles. The van der Waals surface area contributed by atoms with Crippen LogP contribution in [0.4, 0.5) is 0 Å². The minimum absolute atomic E-state index is 0.633. The number of fused-ring (bicyclic) bond motifs is 6. The summed E-state index contributed by atoms with van der Waals surface area (Å²) in [4.78, 5) is 15.2. The highest BCUT2D eigenvalue weighted by Gasteiger charge is 2.16. The molecule has 2 heterocycles. The molecule has 0 aliphatic heterocycles. The Morgan fingerprint density at radius 2 is 0.789 bits per heavy atom. The summed E-state index contributed by atoms with van der Waals surface area (Å²) in [6, 6.07) is 72.9. The molecule has 11 rings (SSSR count). The van der Waals surface area contributed by atoms with Crippen molar-refractivity contribution in [3.05, 3.63) is 206 Å². The van der Waals surface area contributed by atoms with Gasteiger partial charge in [-0.05, 0) is 74.1 Å². The van der Waals surface area contributed by atoms with Crippen molar-refractivity contribution in [1.82, 2.24) is 19.5 Å². The van der Waals surface area contributed by atoms with E-state index in [9.17, 15) is 0 Å². The van der Waals surface area contributed by atoms with Crippen molar-refractivity contribution < 1.29 is 0 Å². The van der Waals surface area contributed by atoms with Crippen LogP contribution in [0.15, 0.2) is 206 Å². The highest BCUT2D eigenvalue weighted by Crippen LogP contribution is 2.38. The SMILES string of the molecule is c1ccc(-c2ccc(-c3nc(-c4ccc(-c5cccc(-n6c7ccccc7c7c8ccccc8ccc76)c5)cc4)nc(-c4ccc5ccccc5c4)n3)cc2)cc1. The molecule has 0 saturated heterocycles. The Bertz CT molecular complexity index is 3270. The summed E-state index contributed by atoms with van der Waals surface area (Å²) in [5, 5.41) is 7.38. The minimum atomic E-state index is 0.633. The molecule has 0 N–H and O–H groups in total. The molecule has 2 aromatic heterocycles. The molecular formula is C53H34N4. The fourth-order valence-corrected chi connectivity index (χ4v) is 8.19. The maximum atomic E-state index is 5.08. The first-order chi connectivity index (χ1) is 28.2. The molecule has 9 aromatic carbocycles. The van der Waals surface area contributed by atoms with Gasteiger partial charge in [0.1, 0.15) is 0 Å². The molecule has 0 spiro atoms. The first-order valence-electron chi connectivity index (χ1n) is 19.3. The first kappa shape index (κ1) is 32.7. The van der Waals surface area contributed by atoms with Gasteiger partial charge in [0, 0.05) is 33.2 Å². The summed E-state index contributed by atoms with van der Waals surface area (Å²) in [5.41, 5.74) is 10.9. The third kappa shape index (κ3) is 5.83. The van der Waals surface area contributed by atoms with Crippen LogP contribution in [0.3, 0.4) is 0 Å². The normalized spacial score (nSPS) is 11.5. The molecule has 0 aliphatic carbocycles. The summed E-state index contributed by atoms with van der Waals surface area (Å²) in [5.74, 6) is 1.91. The Balaban J connectivity index is 0.987. The maximum Gasteiger partial charge on any atom is 0.164 e. The number of aromatic nitrogens is 4. The standard InChI is InChI=1S/C53H34N4/c1-2-11-35(12-3-1)37-21-26-40(27-22-37)51-54-52(56-53(55-51)44-30-25-36-13-4-5-15-42(36)33-44)41-28-23-38(24-29-41)43-16-10-17-45(34-43)57-48-20-9-8-19-47(48)50-46-18-7-6-14-39(46)31-32-49(50)57/h1-34H. The summed E-state index contributed by atoms with van der Waals surface area (Å²) in [6.45, 7) is 0. The lowest BCUT2D eigenvalue weighted by Gasteiger charge is -2.12. The van der Waals surface area contributed by atoms with Crippen LogP contribution in [-0.2, 0) is 0 Å². The van der Waals surface area contributed by atoms with Crippen LogP contribution < -0.4 is 0 Å². The van der Waals surface area contributed by atoms with E-state index in [0.29, 0.717) is 17.5 Å². The second kappa shape index (κ2) is 13.6. The van der Waals surface area contributed by atoms with Crippen molar-refractivity contribution in [3.63, 3.8) is 0 Å². The van der Waals surface area contributed by atoms with Crippen LogP contribution in [0.1, 0.15) is 0 Å². The quantitative estimate of drug-likeness (QED) is 0.171. The van der Waals surface area contributed by atoms with Gasteiger partial charge in [0.15, 0.2) is 17.5 Å². The summed E-state index contributed by atoms with van der Waals surface area (Å²) >= 11 is 0. The third-order valence-corrected chi connectivity index (χ3v) is 11.0. The Kier molecular flexibility index (Phi) is 7.78. The number of rotatable bonds is 6. The fourth-order valence-electron chi connectivity index (χ4n) is 8.19. The van der Waals surface area contributed by atoms with E-state index < -0.39 is 0 Å². The van der Waals surface area contributed by atoms with Crippen LogP contribution in [0.2, 0.25) is 0 Å². The number of hydrogen-bond donors (Lipinski definition) is 0. The number of para-hydroxylation sites is 1. The third-order valence-electron chi connectivity index (χ3n) is 11.0.